The van der Waals surface area contributed by atoms with Crippen molar-refractivity contribution in [3.05, 3.63) is 143 Å². The van der Waals surface area contributed by atoms with Crippen LogP contribution in [0.15, 0.2) is 109 Å². The number of benzene rings is 4. The Labute approximate surface area is 290 Å². The first kappa shape index (κ1) is 36.4. The van der Waals surface area contributed by atoms with Crippen LogP contribution in [-0.2, 0) is 22.7 Å². The van der Waals surface area contributed by atoms with E-state index in [1.807, 2.05) is 60.7 Å². The van der Waals surface area contributed by atoms with Crippen LogP contribution in [0.1, 0.15) is 60.0 Å². The molecule has 264 valence electrons. The molecule has 50 heavy (non-hydrogen) atoms. The summed E-state index contributed by atoms with van der Waals surface area (Å²) in [5.41, 5.74) is 3.42. The van der Waals surface area contributed by atoms with Crippen molar-refractivity contribution in [3.8, 4) is 0 Å². The quantitative estimate of drug-likeness (QED) is 0.173. The fourth-order valence-corrected chi connectivity index (χ4v) is 6.40. The minimum absolute atomic E-state index is 0.0896. The standard InChI is InChI=1S/2C20H21F2NO2/c2*21-13-16-10-11-23(19(12-16)17-6-8-18(22)9-7-17)20(24)25-14-15-4-2-1-3-5-15/h2*1-9,16,19H,10-14H2/t2*16-,19+/m10/s1. The number of amides is 2. The molecule has 0 aliphatic carbocycles. The number of nitrogens with zero attached hydrogens (tertiary/aromatic N) is 2. The van der Waals surface area contributed by atoms with Crippen LogP contribution in [0.2, 0.25) is 0 Å². The monoisotopic (exact) mass is 690 g/mol. The molecule has 0 aromatic heterocycles. The van der Waals surface area contributed by atoms with Crippen LogP contribution in [0.3, 0.4) is 0 Å². The Kier molecular flexibility index (Phi) is 13.3. The van der Waals surface area contributed by atoms with Crippen molar-refractivity contribution in [1.29, 1.82) is 0 Å². The second kappa shape index (κ2) is 18.2. The summed E-state index contributed by atoms with van der Waals surface area (Å²) in [6, 6.07) is 30.4. The number of alkyl halides is 2. The maximum Gasteiger partial charge on any atom is 0.410 e. The Morgan fingerprint density at radius 3 is 1.26 bits per heavy atom. The SMILES string of the molecule is O=C(OCc1ccccc1)N1CC[C@@H](CF)C[C@H]1c1ccc(F)cc1.O=C(OCc1ccccc1)N1CC[C@H](CF)C[C@@H]1c1ccc(F)cc1. The van der Waals surface area contributed by atoms with Gasteiger partial charge in [0, 0.05) is 13.1 Å². The van der Waals surface area contributed by atoms with Gasteiger partial charge in [-0.15, -0.1) is 0 Å². The van der Waals surface area contributed by atoms with Gasteiger partial charge in [-0.3, -0.25) is 8.78 Å². The number of halogens is 4. The largest absolute Gasteiger partial charge is 0.445 e. The van der Waals surface area contributed by atoms with E-state index in [0.717, 1.165) is 22.3 Å². The lowest BCUT2D eigenvalue weighted by atomic mass is 9.88. The predicted octanol–water partition coefficient (Wildman–Crippen LogP) is 9.77. The van der Waals surface area contributed by atoms with E-state index < -0.39 is 25.5 Å². The molecule has 0 N–H and O–H groups in total. The number of rotatable bonds is 8. The molecule has 2 aliphatic heterocycles. The maximum atomic E-state index is 13.2. The van der Waals surface area contributed by atoms with Gasteiger partial charge in [-0.05, 0) is 84.0 Å². The fraction of sp³-hybridized carbons (Fsp3) is 0.350. The first-order valence-electron chi connectivity index (χ1n) is 16.9. The van der Waals surface area contributed by atoms with Gasteiger partial charge < -0.3 is 19.3 Å². The van der Waals surface area contributed by atoms with Crippen LogP contribution in [0, 0.1) is 23.5 Å². The van der Waals surface area contributed by atoms with Crippen LogP contribution in [0.4, 0.5) is 27.2 Å². The summed E-state index contributed by atoms with van der Waals surface area (Å²) in [4.78, 5) is 28.4. The molecule has 6 rings (SSSR count). The highest BCUT2D eigenvalue weighted by Crippen LogP contribution is 2.36. The minimum Gasteiger partial charge on any atom is -0.445 e. The van der Waals surface area contributed by atoms with Crippen molar-refractivity contribution >= 4 is 12.2 Å². The van der Waals surface area contributed by atoms with Crippen molar-refractivity contribution in [2.24, 2.45) is 11.8 Å². The Bertz CT molecular complexity index is 1500. The van der Waals surface area contributed by atoms with Crippen molar-refractivity contribution in [1.82, 2.24) is 9.80 Å². The van der Waals surface area contributed by atoms with E-state index in [4.69, 9.17) is 9.47 Å². The lowest BCUT2D eigenvalue weighted by molar-refractivity contribution is 0.0525. The van der Waals surface area contributed by atoms with Gasteiger partial charge in [0.1, 0.15) is 24.8 Å². The van der Waals surface area contributed by atoms with E-state index in [1.54, 1.807) is 34.1 Å². The molecule has 2 heterocycles. The molecule has 0 bridgehead atoms. The Balaban J connectivity index is 0.000000194. The van der Waals surface area contributed by atoms with Crippen molar-refractivity contribution < 1.29 is 36.6 Å². The van der Waals surface area contributed by atoms with E-state index >= 15 is 0 Å². The van der Waals surface area contributed by atoms with Crippen molar-refractivity contribution in [2.45, 2.75) is 51.0 Å². The zero-order valence-corrected chi connectivity index (χ0v) is 27.8. The smallest absolute Gasteiger partial charge is 0.410 e. The molecule has 0 spiro atoms. The second-order valence-electron chi connectivity index (χ2n) is 12.7. The lowest BCUT2D eigenvalue weighted by Crippen LogP contribution is -2.41. The highest BCUT2D eigenvalue weighted by molar-refractivity contribution is 5.69. The number of carbonyl (C=O) groups is 2. The molecule has 2 saturated heterocycles. The Hall–Kier alpha value is -4.86. The summed E-state index contributed by atoms with van der Waals surface area (Å²) in [6.45, 7) is 0.432. The summed E-state index contributed by atoms with van der Waals surface area (Å²) < 4.78 is 63.5. The van der Waals surface area contributed by atoms with E-state index in [9.17, 15) is 27.2 Å². The van der Waals surface area contributed by atoms with E-state index in [-0.39, 0.29) is 48.8 Å². The lowest BCUT2D eigenvalue weighted by Gasteiger charge is -2.38. The van der Waals surface area contributed by atoms with Gasteiger partial charge in [0.05, 0.1) is 25.4 Å². The van der Waals surface area contributed by atoms with Crippen LogP contribution in [0.25, 0.3) is 0 Å². The fourth-order valence-electron chi connectivity index (χ4n) is 6.40. The number of ether oxygens (including phenoxy) is 2. The van der Waals surface area contributed by atoms with Gasteiger partial charge in [-0.25, -0.2) is 18.4 Å². The van der Waals surface area contributed by atoms with Gasteiger partial charge >= 0.3 is 12.2 Å². The average Bonchev–Trinajstić information content (AvgIpc) is 3.17. The summed E-state index contributed by atoms with van der Waals surface area (Å²) in [5.74, 6) is -0.846. The van der Waals surface area contributed by atoms with E-state index in [2.05, 4.69) is 0 Å². The molecule has 4 atom stereocenters. The van der Waals surface area contributed by atoms with Gasteiger partial charge in [-0.1, -0.05) is 84.9 Å². The molecule has 2 amide bonds. The van der Waals surface area contributed by atoms with Gasteiger partial charge in [0.25, 0.3) is 0 Å². The molecule has 4 aromatic rings. The summed E-state index contributed by atoms with van der Waals surface area (Å²) in [7, 11) is 0. The number of piperidine rings is 2. The summed E-state index contributed by atoms with van der Waals surface area (Å²) >= 11 is 0. The molecular formula is C40H42F4N2O4. The first-order valence-corrected chi connectivity index (χ1v) is 16.9. The molecule has 4 aromatic carbocycles. The molecule has 6 nitrogen and oxygen atoms in total. The normalized spacial score (nSPS) is 20.3. The third-order valence-electron chi connectivity index (χ3n) is 9.25. The second-order valence-corrected chi connectivity index (χ2v) is 12.7. The van der Waals surface area contributed by atoms with Gasteiger partial charge in [-0.2, -0.15) is 0 Å². The third kappa shape index (κ3) is 10.1. The molecule has 0 radical (unpaired) electrons. The van der Waals surface area contributed by atoms with Crippen molar-refractivity contribution in [3.63, 3.8) is 0 Å². The van der Waals surface area contributed by atoms with Crippen LogP contribution < -0.4 is 0 Å². The highest BCUT2D eigenvalue weighted by Gasteiger charge is 2.35. The molecule has 2 aliphatic rings. The van der Waals surface area contributed by atoms with Gasteiger partial charge in [0.2, 0.25) is 0 Å². The number of hydrogen-bond acceptors (Lipinski definition) is 4. The highest BCUT2D eigenvalue weighted by atomic mass is 19.1. The zero-order chi connectivity index (χ0) is 35.3. The summed E-state index contributed by atoms with van der Waals surface area (Å²) in [6.07, 6.45) is 1.40. The van der Waals surface area contributed by atoms with E-state index in [1.165, 1.54) is 24.3 Å². The summed E-state index contributed by atoms with van der Waals surface area (Å²) in [5, 5.41) is 0. The molecule has 2 fully saturated rings. The van der Waals surface area contributed by atoms with Crippen LogP contribution in [-0.4, -0.2) is 48.4 Å². The first-order chi connectivity index (χ1) is 24.3. The molecule has 0 saturated carbocycles. The number of likely N-dealkylation sites (tertiary alicyclic amines) is 2. The van der Waals surface area contributed by atoms with Crippen molar-refractivity contribution in [2.75, 3.05) is 26.4 Å². The zero-order valence-electron chi connectivity index (χ0n) is 27.8. The minimum atomic E-state index is -0.421. The van der Waals surface area contributed by atoms with Gasteiger partial charge in [0.15, 0.2) is 0 Å². The molecule has 10 heteroatoms. The predicted molar refractivity (Wildman–Crippen MR) is 182 cm³/mol. The maximum absolute atomic E-state index is 13.2. The van der Waals surface area contributed by atoms with E-state index in [0.29, 0.717) is 38.8 Å². The third-order valence-corrected chi connectivity index (χ3v) is 9.25. The average molecular weight is 691 g/mol. The van der Waals surface area contributed by atoms with Crippen LogP contribution >= 0.6 is 0 Å². The molecular weight excluding hydrogens is 648 g/mol. The van der Waals surface area contributed by atoms with Crippen LogP contribution in [0.5, 0.6) is 0 Å². The Morgan fingerprint density at radius 2 is 0.920 bits per heavy atom. The molecule has 0 unspecified atom stereocenters. The Morgan fingerprint density at radius 1 is 0.560 bits per heavy atom. The number of hydrogen-bond donors (Lipinski definition) is 0. The topological polar surface area (TPSA) is 59.1 Å². The number of carbonyl (C=O) groups excluding carboxylic acids is 2.